The maximum atomic E-state index is 11.2. The first kappa shape index (κ1) is 13.3. The summed E-state index contributed by atoms with van der Waals surface area (Å²) in [6.45, 7) is -4.71. The zero-order valence-electron chi connectivity index (χ0n) is 4.95. The van der Waals surface area contributed by atoms with Gasteiger partial charge in [-0.2, -0.15) is 0 Å². The van der Waals surface area contributed by atoms with E-state index in [0.717, 1.165) is 6.08 Å². The van der Waals surface area contributed by atoms with E-state index in [1.54, 1.807) is 0 Å². The third kappa shape index (κ3) is 12.8. The maximum Gasteiger partial charge on any atom is 1.00 e. The SMILES string of the molecule is F[B-](F)(F)/C=C/CBr.[K+]. The topological polar surface area (TPSA) is 0 Å². The van der Waals surface area contributed by atoms with Gasteiger partial charge in [0.2, 0.25) is 0 Å². The van der Waals surface area contributed by atoms with Crippen LogP contribution in [0.25, 0.3) is 0 Å². The molecule has 6 heteroatoms. The van der Waals surface area contributed by atoms with Gasteiger partial charge in [-0.15, -0.1) is 12.1 Å². The normalized spacial score (nSPS) is 11.6. The number of rotatable bonds is 2. The number of hydrogen-bond acceptors (Lipinski definition) is 0. The van der Waals surface area contributed by atoms with E-state index in [2.05, 4.69) is 15.9 Å². The van der Waals surface area contributed by atoms with Crippen LogP contribution in [0.5, 0.6) is 0 Å². The summed E-state index contributed by atoms with van der Waals surface area (Å²) in [5.74, 6) is 0.259. The molecule has 0 spiro atoms. The molecule has 0 bridgehead atoms. The number of halogens is 4. The van der Waals surface area contributed by atoms with Crippen molar-refractivity contribution in [1.29, 1.82) is 0 Å². The Labute approximate surface area is 103 Å². The molecule has 0 heterocycles. The van der Waals surface area contributed by atoms with Crippen molar-refractivity contribution in [2.45, 2.75) is 0 Å². The van der Waals surface area contributed by atoms with Crippen molar-refractivity contribution in [3.8, 4) is 0 Å². The Hall–Kier alpha value is 1.71. The standard InChI is InChI=1S/C3H4BBrF3.K/c5-3-1-2-4(6,7)8;/h1-2H,3H2;/q-1;+1/b2-1+;. The zero-order chi connectivity index (χ0) is 6.62. The second kappa shape index (κ2) is 6.42. The summed E-state index contributed by atoms with van der Waals surface area (Å²) in [5, 5.41) is 0.258. The molecule has 0 rings (SSSR count). The van der Waals surface area contributed by atoms with Gasteiger partial charge in [0.1, 0.15) is 0 Å². The van der Waals surface area contributed by atoms with Gasteiger partial charge in [0.25, 0.3) is 0 Å². The maximum absolute atomic E-state index is 11.2. The number of hydrogen-bond donors (Lipinski definition) is 0. The van der Waals surface area contributed by atoms with Crippen LogP contribution in [0.3, 0.4) is 0 Å². The first-order valence-electron chi connectivity index (χ1n) is 2.00. The zero-order valence-corrected chi connectivity index (χ0v) is 9.66. The minimum Gasteiger partial charge on any atom is -0.445 e. The van der Waals surface area contributed by atoms with Crippen LogP contribution >= 0.6 is 15.9 Å². The Balaban J connectivity index is 0. The second-order valence-electron chi connectivity index (χ2n) is 1.21. The van der Waals surface area contributed by atoms with Crippen molar-refractivity contribution >= 4 is 22.9 Å². The largest absolute Gasteiger partial charge is 1.00 e. The van der Waals surface area contributed by atoms with Crippen LogP contribution in [0, 0.1) is 0 Å². The monoisotopic (exact) mass is 226 g/mol. The molecule has 0 aliphatic rings. The molecule has 0 saturated heterocycles. The molecule has 0 nitrogen and oxygen atoms in total. The van der Waals surface area contributed by atoms with E-state index in [4.69, 9.17) is 0 Å². The van der Waals surface area contributed by atoms with E-state index in [9.17, 15) is 12.9 Å². The van der Waals surface area contributed by atoms with Gasteiger partial charge in [0.05, 0.1) is 0 Å². The van der Waals surface area contributed by atoms with Crippen molar-refractivity contribution in [3.63, 3.8) is 0 Å². The third-order valence-electron chi connectivity index (χ3n) is 0.443. The summed E-state index contributed by atoms with van der Waals surface area (Å²) in [6, 6.07) is 0. The predicted octanol–water partition coefficient (Wildman–Crippen LogP) is -0.672. The van der Waals surface area contributed by atoms with Gasteiger partial charge in [0.15, 0.2) is 0 Å². The minimum absolute atomic E-state index is 0. The van der Waals surface area contributed by atoms with E-state index >= 15 is 0 Å². The van der Waals surface area contributed by atoms with Crippen LogP contribution in [0.2, 0.25) is 0 Å². The summed E-state index contributed by atoms with van der Waals surface area (Å²) in [7, 11) is 0. The smallest absolute Gasteiger partial charge is 0.445 e. The van der Waals surface area contributed by atoms with Crippen molar-refractivity contribution in [2.24, 2.45) is 0 Å². The van der Waals surface area contributed by atoms with E-state index < -0.39 is 6.98 Å². The van der Waals surface area contributed by atoms with E-state index in [1.165, 1.54) is 0 Å². The van der Waals surface area contributed by atoms with Crippen LogP contribution in [-0.4, -0.2) is 12.3 Å². The van der Waals surface area contributed by atoms with Crippen LogP contribution in [0.4, 0.5) is 12.9 Å². The van der Waals surface area contributed by atoms with Gasteiger partial charge in [-0.05, 0) is 0 Å². The summed E-state index contributed by atoms with van der Waals surface area (Å²) in [5.41, 5.74) is 0. The molecule has 48 valence electrons. The molecular weight excluding hydrogens is 223 g/mol. The van der Waals surface area contributed by atoms with Gasteiger partial charge in [0, 0.05) is 5.33 Å². The Morgan fingerprint density at radius 1 is 1.33 bits per heavy atom. The molecule has 0 saturated carbocycles. The minimum atomic E-state index is -4.71. The first-order chi connectivity index (χ1) is 3.56. The Kier molecular flexibility index (Phi) is 9.50. The Bertz CT molecular complexity index is 91.5. The molecule has 0 amide bonds. The van der Waals surface area contributed by atoms with Gasteiger partial charge >= 0.3 is 58.4 Å². The molecule has 0 aliphatic carbocycles. The van der Waals surface area contributed by atoms with E-state index in [-0.39, 0.29) is 62.7 Å². The molecule has 0 aliphatic heterocycles. The van der Waals surface area contributed by atoms with Gasteiger partial charge < -0.3 is 12.9 Å². The summed E-state index contributed by atoms with van der Waals surface area (Å²) in [6.07, 6.45) is 1.03. The average molecular weight is 227 g/mol. The van der Waals surface area contributed by atoms with Crippen LogP contribution in [0.1, 0.15) is 0 Å². The third-order valence-corrected chi connectivity index (χ3v) is 0.817. The van der Waals surface area contributed by atoms with Crippen LogP contribution < -0.4 is 51.4 Å². The van der Waals surface area contributed by atoms with E-state index in [1.807, 2.05) is 0 Å². The molecule has 0 N–H and O–H groups in total. The molecule has 9 heavy (non-hydrogen) atoms. The van der Waals surface area contributed by atoms with Crippen molar-refractivity contribution in [1.82, 2.24) is 0 Å². The molecule has 0 aromatic heterocycles. The fourth-order valence-electron chi connectivity index (χ4n) is 0.206. The average Bonchev–Trinajstić information content (AvgIpc) is 1.59. The van der Waals surface area contributed by atoms with Gasteiger partial charge in [-0.3, -0.25) is 0 Å². The van der Waals surface area contributed by atoms with Crippen LogP contribution in [0.15, 0.2) is 12.1 Å². The summed E-state index contributed by atoms with van der Waals surface area (Å²) >= 11 is 2.83. The number of alkyl halides is 1. The molecule has 0 aromatic carbocycles. The predicted molar refractivity (Wildman–Crippen MR) is 32.0 cm³/mol. The summed E-state index contributed by atoms with van der Waals surface area (Å²) in [4.78, 5) is 0. The van der Waals surface area contributed by atoms with Gasteiger partial charge in [-0.25, -0.2) is 0 Å². The molecule has 0 aromatic rings. The van der Waals surface area contributed by atoms with E-state index in [0.29, 0.717) is 0 Å². The fourth-order valence-corrected chi connectivity index (χ4v) is 0.422. The molecule has 0 fully saturated rings. The van der Waals surface area contributed by atoms with Crippen LogP contribution in [-0.2, 0) is 0 Å². The molecular formula is C3H4BBrF3K. The molecule has 0 unspecified atom stereocenters. The molecule has 0 radical (unpaired) electrons. The molecule has 0 atom stereocenters. The fraction of sp³-hybridized carbons (Fsp3) is 0.333. The Morgan fingerprint density at radius 2 is 1.78 bits per heavy atom. The second-order valence-corrected chi connectivity index (χ2v) is 1.86. The van der Waals surface area contributed by atoms with Crippen molar-refractivity contribution < 1.29 is 64.3 Å². The first-order valence-corrected chi connectivity index (χ1v) is 3.12. The summed E-state index contributed by atoms with van der Waals surface area (Å²) < 4.78 is 33.6. The Morgan fingerprint density at radius 3 is 1.89 bits per heavy atom. The number of allylic oxidation sites excluding steroid dienone is 1. The van der Waals surface area contributed by atoms with Gasteiger partial charge in [-0.1, -0.05) is 15.9 Å². The quantitative estimate of drug-likeness (QED) is 0.433. The van der Waals surface area contributed by atoms with Crippen molar-refractivity contribution in [3.05, 3.63) is 12.1 Å². The van der Waals surface area contributed by atoms with Crippen molar-refractivity contribution in [2.75, 3.05) is 5.33 Å².